The smallest absolute Gasteiger partial charge is 0.317 e. The third-order valence-corrected chi connectivity index (χ3v) is 8.77. The Morgan fingerprint density at radius 2 is 2.00 bits per heavy atom. The van der Waals surface area contributed by atoms with Crippen LogP contribution in [0, 0.1) is 17.7 Å². The second-order valence-electron chi connectivity index (χ2n) is 11.1. The van der Waals surface area contributed by atoms with Gasteiger partial charge < -0.3 is 30.1 Å². The zero-order valence-corrected chi connectivity index (χ0v) is 24.1. The summed E-state index contributed by atoms with van der Waals surface area (Å²) in [5.41, 5.74) is -1.21. The van der Waals surface area contributed by atoms with Crippen LogP contribution >= 0.6 is 11.6 Å². The maximum Gasteiger partial charge on any atom is 0.317 e. The first-order chi connectivity index (χ1) is 18.3. The molecule has 9 heteroatoms. The van der Waals surface area contributed by atoms with Gasteiger partial charge in [-0.2, -0.15) is 0 Å². The minimum absolute atomic E-state index is 0.00216. The van der Waals surface area contributed by atoms with E-state index in [-0.39, 0.29) is 28.6 Å². The molecule has 3 rings (SSSR count). The molecule has 7 nitrogen and oxygen atoms in total. The highest BCUT2D eigenvalue weighted by atomic mass is 35.5. The van der Waals surface area contributed by atoms with Gasteiger partial charge in [0.05, 0.1) is 16.7 Å². The quantitative estimate of drug-likeness (QED) is 0.295. The van der Waals surface area contributed by atoms with E-state index >= 15 is 4.39 Å². The van der Waals surface area contributed by atoms with Crippen molar-refractivity contribution in [2.75, 3.05) is 47.5 Å². The fourth-order valence-corrected chi connectivity index (χ4v) is 6.47. The van der Waals surface area contributed by atoms with Gasteiger partial charge in [-0.25, -0.2) is 9.18 Å². The minimum atomic E-state index is -1.42. The SMILES string of the molecule is CNC[C@H](C[C@H]1CC[C@@H](OC)CC1)NC(=O)N1CCC[C@@H]([C@@](O)(CCCCOC)c2cccc(Cl)c2F)C1. The van der Waals surface area contributed by atoms with E-state index in [0.717, 1.165) is 44.9 Å². The number of ether oxygens (including phenoxy) is 2. The van der Waals surface area contributed by atoms with Crippen LogP contribution in [0.25, 0.3) is 0 Å². The summed E-state index contributed by atoms with van der Waals surface area (Å²) in [6, 6.07) is 4.70. The number of likely N-dealkylation sites (N-methyl/N-ethyl adjacent to an activating group) is 1. The summed E-state index contributed by atoms with van der Waals surface area (Å²) < 4.78 is 25.9. The van der Waals surface area contributed by atoms with Gasteiger partial charge >= 0.3 is 6.03 Å². The molecule has 0 radical (unpaired) electrons. The zero-order valence-electron chi connectivity index (χ0n) is 23.3. The highest BCUT2D eigenvalue weighted by Crippen LogP contribution is 2.42. The number of hydrogen-bond donors (Lipinski definition) is 3. The summed E-state index contributed by atoms with van der Waals surface area (Å²) in [4.78, 5) is 15.2. The predicted octanol–water partition coefficient (Wildman–Crippen LogP) is 5.09. The summed E-state index contributed by atoms with van der Waals surface area (Å²) in [6.07, 6.45) is 8.91. The number of nitrogens with zero attached hydrogens (tertiary/aromatic N) is 1. The molecule has 0 aromatic heterocycles. The molecule has 0 spiro atoms. The molecule has 3 N–H and O–H groups in total. The molecule has 0 bridgehead atoms. The first-order valence-electron chi connectivity index (χ1n) is 14.2. The van der Waals surface area contributed by atoms with Crippen molar-refractivity contribution in [3.8, 4) is 0 Å². The number of piperidine rings is 1. The van der Waals surface area contributed by atoms with E-state index in [1.807, 2.05) is 7.05 Å². The standard InChI is InChI=1S/C29H47ClFN3O4/c1-32-19-23(18-21-11-13-24(38-3)14-12-21)33-28(35)34-16-7-8-22(20-34)29(36,15-4-5-17-37-2)25-9-6-10-26(30)27(25)31/h6,9-10,21-24,32,36H,4-5,7-8,11-20H2,1-3H3,(H,33,35)/t21-,22-,23+,24+,29+/m1/s1. The number of carbonyl (C=O) groups excluding carboxylic acids is 1. The molecule has 0 unspecified atom stereocenters. The molecule has 3 atom stereocenters. The number of methoxy groups -OCH3 is 2. The second-order valence-corrected chi connectivity index (χ2v) is 11.5. The Labute approximate surface area is 232 Å². The first kappa shape index (κ1) is 31.1. The van der Waals surface area contributed by atoms with Crippen molar-refractivity contribution in [2.24, 2.45) is 11.8 Å². The lowest BCUT2D eigenvalue weighted by molar-refractivity contribution is -0.0587. The van der Waals surface area contributed by atoms with Crippen LogP contribution in [-0.4, -0.2) is 75.7 Å². The molecule has 2 amide bonds. The van der Waals surface area contributed by atoms with Crippen molar-refractivity contribution in [3.05, 3.63) is 34.6 Å². The number of hydrogen-bond acceptors (Lipinski definition) is 5. The molecule has 2 aliphatic rings. The lowest BCUT2D eigenvalue weighted by atomic mass is 9.74. The van der Waals surface area contributed by atoms with Crippen molar-refractivity contribution < 1.29 is 23.8 Å². The fraction of sp³-hybridized carbons (Fsp3) is 0.759. The first-order valence-corrected chi connectivity index (χ1v) is 14.6. The highest BCUT2D eigenvalue weighted by Gasteiger charge is 2.43. The van der Waals surface area contributed by atoms with Crippen molar-refractivity contribution in [1.29, 1.82) is 0 Å². The number of urea groups is 1. The number of benzene rings is 1. The summed E-state index contributed by atoms with van der Waals surface area (Å²) in [5, 5.41) is 18.5. The molecule has 2 fully saturated rings. The maximum absolute atomic E-state index is 15.2. The van der Waals surface area contributed by atoms with Gasteiger partial charge in [0.2, 0.25) is 0 Å². The molecule has 38 heavy (non-hydrogen) atoms. The third kappa shape index (κ3) is 8.28. The van der Waals surface area contributed by atoms with E-state index in [1.165, 1.54) is 6.07 Å². The zero-order chi connectivity index (χ0) is 27.5. The summed E-state index contributed by atoms with van der Waals surface area (Å²) >= 11 is 6.11. The van der Waals surface area contributed by atoms with Gasteiger partial charge in [-0.15, -0.1) is 0 Å². The van der Waals surface area contributed by atoms with Crippen LogP contribution in [0.1, 0.15) is 69.8 Å². The van der Waals surface area contributed by atoms with Crippen molar-refractivity contribution in [1.82, 2.24) is 15.5 Å². The number of rotatable bonds is 13. The molecule has 1 saturated heterocycles. The Hall–Kier alpha value is -1.45. The number of likely N-dealkylation sites (tertiary alicyclic amines) is 1. The lowest BCUT2D eigenvalue weighted by Gasteiger charge is -2.43. The van der Waals surface area contributed by atoms with Gasteiger partial charge in [0.25, 0.3) is 0 Å². The number of carbonyl (C=O) groups is 1. The van der Waals surface area contributed by atoms with E-state index in [1.54, 1.807) is 31.3 Å². The number of halogens is 2. The highest BCUT2D eigenvalue weighted by molar-refractivity contribution is 6.30. The Morgan fingerprint density at radius 3 is 2.68 bits per heavy atom. The van der Waals surface area contributed by atoms with Gasteiger partial charge in [-0.05, 0) is 83.2 Å². The molecule has 1 saturated carbocycles. The monoisotopic (exact) mass is 555 g/mol. The number of aliphatic hydroxyl groups is 1. The average molecular weight is 556 g/mol. The van der Waals surface area contributed by atoms with Gasteiger partial charge in [0.1, 0.15) is 5.82 Å². The molecule has 1 aromatic rings. The van der Waals surface area contributed by atoms with Crippen molar-refractivity contribution in [3.63, 3.8) is 0 Å². The third-order valence-electron chi connectivity index (χ3n) is 8.48. The Kier molecular flexibility index (Phi) is 12.6. The summed E-state index contributed by atoms with van der Waals surface area (Å²) in [5.74, 6) is -0.316. The molecular formula is C29H47ClFN3O4. The van der Waals surface area contributed by atoms with E-state index < -0.39 is 11.4 Å². The molecular weight excluding hydrogens is 509 g/mol. The molecule has 1 heterocycles. The number of unbranched alkanes of at least 4 members (excludes halogenated alkanes) is 1. The normalized spacial score (nSPS) is 24.6. The summed E-state index contributed by atoms with van der Waals surface area (Å²) in [7, 11) is 5.33. The molecule has 216 valence electrons. The number of amides is 2. The second kappa shape index (κ2) is 15.4. The Morgan fingerprint density at radius 1 is 1.24 bits per heavy atom. The minimum Gasteiger partial charge on any atom is -0.385 e. The maximum atomic E-state index is 15.2. The van der Waals surface area contributed by atoms with E-state index in [2.05, 4.69) is 10.6 Å². The molecule has 1 aromatic carbocycles. The van der Waals surface area contributed by atoms with E-state index in [9.17, 15) is 9.90 Å². The van der Waals surface area contributed by atoms with E-state index in [0.29, 0.717) is 57.5 Å². The van der Waals surface area contributed by atoms with Crippen LogP contribution in [0.3, 0.4) is 0 Å². The molecule has 1 aliphatic carbocycles. The van der Waals surface area contributed by atoms with Crippen LogP contribution < -0.4 is 10.6 Å². The van der Waals surface area contributed by atoms with Crippen LogP contribution in [0.4, 0.5) is 9.18 Å². The van der Waals surface area contributed by atoms with Crippen LogP contribution in [0.5, 0.6) is 0 Å². The van der Waals surface area contributed by atoms with Crippen LogP contribution in [-0.2, 0) is 15.1 Å². The molecule has 1 aliphatic heterocycles. The van der Waals surface area contributed by atoms with Crippen LogP contribution in [0.2, 0.25) is 5.02 Å². The largest absolute Gasteiger partial charge is 0.385 e. The van der Waals surface area contributed by atoms with Crippen molar-refractivity contribution >= 4 is 17.6 Å². The van der Waals surface area contributed by atoms with E-state index in [4.69, 9.17) is 21.1 Å². The Balaban J connectivity index is 1.69. The summed E-state index contributed by atoms with van der Waals surface area (Å²) in [6.45, 7) is 2.26. The van der Waals surface area contributed by atoms with Gasteiger partial charge in [0, 0.05) is 58.0 Å². The Bertz CT molecular complexity index is 870. The van der Waals surface area contributed by atoms with Gasteiger partial charge in [-0.3, -0.25) is 0 Å². The topological polar surface area (TPSA) is 83.1 Å². The number of nitrogens with one attached hydrogen (secondary N) is 2. The predicted molar refractivity (Wildman–Crippen MR) is 149 cm³/mol. The average Bonchev–Trinajstić information content (AvgIpc) is 2.93. The van der Waals surface area contributed by atoms with Crippen molar-refractivity contribution in [2.45, 2.75) is 82.0 Å². The van der Waals surface area contributed by atoms with Gasteiger partial charge in [0.15, 0.2) is 0 Å². The fourth-order valence-electron chi connectivity index (χ4n) is 6.30. The van der Waals surface area contributed by atoms with Gasteiger partial charge in [-0.1, -0.05) is 23.7 Å². The lowest BCUT2D eigenvalue weighted by Crippen LogP contribution is -2.54. The van der Waals surface area contributed by atoms with Crippen LogP contribution in [0.15, 0.2) is 18.2 Å².